The molecule has 5 fully saturated rings. The van der Waals surface area contributed by atoms with E-state index in [0.717, 1.165) is 58.3 Å². The highest BCUT2D eigenvalue weighted by atomic mass is 16.2. The lowest BCUT2D eigenvalue weighted by molar-refractivity contribution is -0.146. The smallest absolute Gasteiger partial charge is 0.222 e. The minimum atomic E-state index is 0.411. The van der Waals surface area contributed by atoms with E-state index in [2.05, 4.69) is 14.7 Å². The number of fused-ring (bicyclic) bond motifs is 4. The Morgan fingerprint density at radius 3 is 2.50 bits per heavy atom. The van der Waals surface area contributed by atoms with Gasteiger partial charge in [0.1, 0.15) is 0 Å². The fraction of sp³-hybridized carbons (Fsp3) is 0.913. The van der Waals surface area contributed by atoms with E-state index in [-0.39, 0.29) is 0 Å². The molecule has 5 nitrogen and oxygen atoms in total. The van der Waals surface area contributed by atoms with Crippen molar-refractivity contribution in [2.24, 2.45) is 17.8 Å². The summed E-state index contributed by atoms with van der Waals surface area (Å²) in [7, 11) is 0. The number of hydrogen-bond acceptors (Lipinski definition) is 3. The second-order valence-corrected chi connectivity index (χ2v) is 10.3. The van der Waals surface area contributed by atoms with Crippen LogP contribution in [0.4, 0.5) is 0 Å². The van der Waals surface area contributed by atoms with Crippen LogP contribution in [0.2, 0.25) is 0 Å². The molecule has 4 saturated heterocycles. The highest BCUT2D eigenvalue weighted by molar-refractivity contribution is 5.77. The molecule has 0 aromatic heterocycles. The summed E-state index contributed by atoms with van der Waals surface area (Å²) in [6.07, 6.45) is 12.6. The van der Waals surface area contributed by atoms with Crippen LogP contribution in [0.1, 0.15) is 70.6 Å². The van der Waals surface area contributed by atoms with Crippen LogP contribution in [0.15, 0.2) is 0 Å². The number of piperidine rings is 4. The first kappa shape index (κ1) is 18.9. The first-order chi connectivity index (χ1) is 13.7. The average molecular weight is 388 g/mol. The molecule has 4 heterocycles. The number of carbonyl (C=O) groups excluding carboxylic acids is 2. The molecule has 3 atom stereocenters. The Morgan fingerprint density at radius 1 is 0.929 bits per heavy atom. The maximum atomic E-state index is 12.7. The molecule has 1 aliphatic carbocycles. The monoisotopic (exact) mass is 387 g/mol. The summed E-state index contributed by atoms with van der Waals surface area (Å²) in [6.45, 7) is 5.24. The number of amides is 2. The summed E-state index contributed by atoms with van der Waals surface area (Å²) in [6, 6.07) is 1.15. The molecule has 5 aliphatic rings. The van der Waals surface area contributed by atoms with E-state index < -0.39 is 0 Å². The van der Waals surface area contributed by atoms with Gasteiger partial charge in [-0.1, -0.05) is 12.8 Å². The van der Waals surface area contributed by atoms with Gasteiger partial charge in [0.2, 0.25) is 11.8 Å². The molecule has 5 rings (SSSR count). The van der Waals surface area contributed by atoms with Crippen LogP contribution in [-0.2, 0) is 9.59 Å². The number of likely N-dealkylation sites (tertiary alicyclic amines) is 2. The summed E-state index contributed by atoms with van der Waals surface area (Å²) in [4.78, 5) is 32.1. The molecule has 0 spiro atoms. The minimum absolute atomic E-state index is 0.411. The van der Waals surface area contributed by atoms with Crippen LogP contribution in [0.3, 0.4) is 0 Å². The third-order valence-corrected chi connectivity index (χ3v) is 8.48. The van der Waals surface area contributed by atoms with Gasteiger partial charge in [-0.05, 0) is 62.7 Å². The molecule has 0 aromatic carbocycles. The zero-order valence-corrected chi connectivity index (χ0v) is 17.4. The molecule has 156 valence electrons. The Hall–Kier alpha value is -1.10. The zero-order valence-electron chi connectivity index (χ0n) is 17.4. The SMILES string of the molecule is O=C(CC1CCCC1)N1CCC(N2C[C@H]3C[C@H](C2)[C@H]2CCCC(=O)N2C3)CC1. The first-order valence-electron chi connectivity index (χ1n) is 12.0. The highest BCUT2D eigenvalue weighted by Crippen LogP contribution is 2.39. The van der Waals surface area contributed by atoms with Crippen molar-refractivity contribution in [2.45, 2.75) is 82.7 Å². The summed E-state index contributed by atoms with van der Waals surface area (Å²) < 4.78 is 0. The summed E-state index contributed by atoms with van der Waals surface area (Å²) in [5.74, 6) is 2.83. The topological polar surface area (TPSA) is 43.9 Å². The number of hydrogen-bond donors (Lipinski definition) is 0. The van der Waals surface area contributed by atoms with Gasteiger partial charge in [-0.25, -0.2) is 0 Å². The van der Waals surface area contributed by atoms with Gasteiger partial charge < -0.3 is 9.80 Å². The summed E-state index contributed by atoms with van der Waals surface area (Å²) >= 11 is 0. The molecule has 2 amide bonds. The minimum Gasteiger partial charge on any atom is -0.343 e. The van der Waals surface area contributed by atoms with Crippen molar-refractivity contribution in [1.82, 2.24) is 14.7 Å². The Labute approximate surface area is 169 Å². The van der Waals surface area contributed by atoms with Gasteiger partial charge in [-0.15, -0.1) is 0 Å². The third kappa shape index (κ3) is 3.71. The normalized spacial score (nSPS) is 35.3. The Bertz CT molecular complexity index is 595. The van der Waals surface area contributed by atoms with Gasteiger partial charge in [0.25, 0.3) is 0 Å². The predicted molar refractivity (Wildman–Crippen MR) is 109 cm³/mol. The van der Waals surface area contributed by atoms with E-state index in [4.69, 9.17) is 0 Å². The van der Waals surface area contributed by atoms with Crippen molar-refractivity contribution in [3.05, 3.63) is 0 Å². The molecule has 1 saturated carbocycles. The Morgan fingerprint density at radius 2 is 1.71 bits per heavy atom. The molecule has 4 aliphatic heterocycles. The van der Waals surface area contributed by atoms with Gasteiger partial charge in [0.05, 0.1) is 0 Å². The molecule has 2 bridgehead atoms. The fourth-order valence-electron chi connectivity index (χ4n) is 7.02. The van der Waals surface area contributed by atoms with Gasteiger partial charge in [-0.2, -0.15) is 0 Å². The molecule has 28 heavy (non-hydrogen) atoms. The van der Waals surface area contributed by atoms with Gasteiger partial charge >= 0.3 is 0 Å². The molecular weight excluding hydrogens is 350 g/mol. The quantitative estimate of drug-likeness (QED) is 0.748. The third-order valence-electron chi connectivity index (χ3n) is 8.48. The molecular formula is C23H37N3O2. The lowest BCUT2D eigenvalue weighted by Gasteiger charge is -2.54. The summed E-state index contributed by atoms with van der Waals surface area (Å²) in [5.41, 5.74) is 0. The second kappa shape index (κ2) is 7.97. The molecule has 0 aromatic rings. The Kier molecular flexibility index (Phi) is 5.38. The molecule has 5 heteroatoms. The lowest BCUT2D eigenvalue weighted by atomic mass is 9.75. The second-order valence-electron chi connectivity index (χ2n) is 10.3. The van der Waals surface area contributed by atoms with E-state index >= 15 is 0 Å². The van der Waals surface area contributed by atoms with E-state index in [1.165, 1.54) is 45.1 Å². The van der Waals surface area contributed by atoms with Crippen LogP contribution in [0, 0.1) is 17.8 Å². The zero-order chi connectivity index (χ0) is 19.1. The van der Waals surface area contributed by atoms with E-state index in [1.807, 2.05) is 0 Å². The highest BCUT2D eigenvalue weighted by Gasteiger charge is 2.45. The first-order valence-corrected chi connectivity index (χ1v) is 12.0. The van der Waals surface area contributed by atoms with Crippen LogP contribution in [0.5, 0.6) is 0 Å². The van der Waals surface area contributed by atoms with Crippen molar-refractivity contribution < 1.29 is 9.59 Å². The van der Waals surface area contributed by atoms with Gasteiger partial charge in [-0.3, -0.25) is 14.5 Å². The van der Waals surface area contributed by atoms with Crippen LogP contribution >= 0.6 is 0 Å². The van der Waals surface area contributed by atoms with Crippen LogP contribution in [-0.4, -0.2) is 71.3 Å². The van der Waals surface area contributed by atoms with Crippen molar-refractivity contribution in [1.29, 1.82) is 0 Å². The largest absolute Gasteiger partial charge is 0.343 e. The maximum absolute atomic E-state index is 12.7. The predicted octanol–water partition coefficient (Wildman–Crippen LogP) is 2.89. The van der Waals surface area contributed by atoms with Crippen molar-refractivity contribution in [3.8, 4) is 0 Å². The number of carbonyl (C=O) groups is 2. The van der Waals surface area contributed by atoms with Crippen LogP contribution in [0.25, 0.3) is 0 Å². The van der Waals surface area contributed by atoms with E-state index in [0.29, 0.717) is 41.7 Å². The Balaban J connectivity index is 1.14. The molecule has 0 N–H and O–H groups in total. The van der Waals surface area contributed by atoms with Crippen molar-refractivity contribution >= 4 is 11.8 Å². The van der Waals surface area contributed by atoms with Gasteiger partial charge in [0, 0.05) is 57.6 Å². The standard InChI is InChI=1S/C23H37N3O2/c27-22-7-3-6-21-19-12-18(15-26(21)22)14-25(16-19)20-8-10-24(11-9-20)23(28)13-17-4-1-2-5-17/h17-21H,1-16H2/t18-,19-,21-/m1/s1. The van der Waals surface area contributed by atoms with Crippen molar-refractivity contribution in [3.63, 3.8) is 0 Å². The van der Waals surface area contributed by atoms with E-state index in [9.17, 15) is 9.59 Å². The maximum Gasteiger partial charge on any atom is 0.222 e. The number of rotatable bonds is 3. The number of nitrogens with zero attached hydrogens (tertiary/aromatic N) is 3. The van der Waals surface area contributed by atoms with Crippen LogP contribution < -0.4 is 0 Å². The molecule has 0 unspecified atom stereocenters. The fourth-order valence-corrected chi connectivity index (χ4v) is 7.02. The van der Waals surface area contributed by atoms with Crippen molar-refractivity contribution in [2.75, 3.05) is 32.7 Å². The lowest BCUT2D eigenvalue weighted by Crippen LogP contribution is -2.62. The summed E-state index contributed by atoms with van der Waals surface area (Å²) in [5, 5.41) is 0. The van der Waals surface area contributed by atoms with Gasteiger partial charge in [0.15, 0.2) is 0 Å². The van der Waals surface area contributed by atoms with E-state index in [1.54, 1.807) is 0 Å². The molecule has 0 radical (unpaired) electrons. The average Bonchev–Trinajstić information content (AvgIpc) is 3.22.